The van der Waals surface area contributed by atoms with Crippen LogP contribution in [0.25, 0.3) is 0 Å². The number of carboxylic acid groups (broad SMARTS) is 1. The number of halogens is 2. The van der Waals surface area contributed by atoms with Crippen molar-refractivity contribution in [3.63, 3.8) is 0 Å². The summed E-state index contributed by atoms with van der Waals surface area (Å²) in [7, 11) is 0. The molecule has 0 aliphatic rings. The molecule has 6 heteroatoms. The van der Waals surface area contributed by atoms with Gasteiger partial charge in [-0.1, -0.05) is 19.9 Å². The number of aliphatic hydroxyl groups is 1. The lowest BCUT2D eigenvalue weighted by atomic mass is 10.0. The van der Waals surface area contributed by atoms with Crippen LogP contribution in [-0.4, -0.2) is 28.8 Å². The normalized spacial score (nSPS) is 14.4. The summed E-state index contributed by atoms with van der Waals surface area (Å²) in [4.78, 5) is 10.9. The predicted molar refractivity (Wildman–Crippen MR) is 65.6 cm³/mol. The zero-order chi connectivity index (χ0) is 14.6. The molecular weight excluding hydrogens is 256 g/mol. The molecule has 0 heterocycles. The molecule has 0 saturated heterocycles. The number of hydrogen-bond acceptors (Lipinski definition) is 3. The summed E-state index contributed by atoms with van der Waals surface area (Å²) >= 11 is 0. The maximum atomic E-state index is 13.0. The Morgan fingerprint density at radius 2 is 1.95 bits per heavy atom. The fourth-order valence-electron chi connectivity index (χ4n) is 1.68. The molecule has 2 unspecified atom stereocenters. The molecule has 0 bridgehead atoms. The minimum atomic E-state index is -1.10. The van der Waals surface area contributed by atoms with Crippen LogP contribution in [0.4, 0.5) is 8.78 Å². The van der Waals surface area contributed by atoms with Crippen LogP contribution in [0.1, 0.15) is 25.5 Å². The number of nitrogens with one attached hydrogen (secondary N) is 1. The Kier molecular flexibility index (Phi) is 5.38. The van der Waals surface area contributed by atoms with Gasteiger partial charge in [0.1, 0.15) is 6.04 Å². The topological polar surface area (TPSA) is 69.6 Å². The van der Waals surface area contributed by atoms with Crippen LogP contribution in [0.5, 0.6) is 0 Å². The molecule has 0 aliphatic heterocycles. The van der Waals surface area contributed by atoms with Crippen molar-refractivity contribution in [3.8, 4) is 0 Å². The van der Waals surface area contributed by atoms with Crippen molar-refractivity contribution in [2.75, 3.05) is 6.54 Å². The van der Waals surface area contributed by atoms with E-state index in [9.17, 15) is 18.7 Å². The number of rotatable bonds is 6. The summed E-state index contributed by atoms with van der Waals surface area (Å²) in [6.07, 6.45) is -1.10. The third-order valence-electron chi connectivity index (χ3n) is 2.79. The molecule has 4 nitrogen and oxygen atoms in total. The number of aliphatic hydroxyl groups excluding tert-OH is 1. The molecule has 0 aromatic heterocycles. The van der Waals surface area contributed by atoms with Gasteiger partial charge in [0.2, 0.25) is 0 Å². The lowest BCUT2D eigenvalue weighted by molar-refractivity contribution is -0.140. The van der Waals surface area contributed by atoms with Crippen molar-refractivity contribution in [2.45, 2.75) is 26.0 Å². The standard InChI is InChI=1S/C13H17F2NO3/c1-7(2)12(13(18)19)16-6-11(17)8-3-4-9(14)10(15)5-8/h3-5,7,11-12,16-17H,6H2,1-2H3,(H,18,19). The van der Waals surface area contributed by atoms with Crippen molar-refractivity contribution < 1.29 is 23.8 Å². The van der Waals surface area contributed by atoms with Gasteiger partial charge in [-0.3, -0.25) is 4.79 Å². The van der Waals surface area contributed by atoms with Crippen molar-refractivity contribution in [1.82, 2.24) is 5.32 Å². The molecule has 0 radical (unpaired) electrons. The fraction of sp³-hybridized carbons (Fsp3) is 0.462. The van der Waals surface area contributed by atoms with E-state index in [1.165, 1.54) is 6.07 Å². The van der Waals surface area contributed by atoms with E-state index >= 15 is 0 Å². The molecule has 1 aromatic rings. The number of carboxylic acids is 1. The van der Waals surface area contributed by atoms with E-state index in [0.29, 0.717) is 0 Å². The van der Waals surface area contributed by atoms with E-state index in [0.717, 1.165) is 12.1 Å². The van der Waals surface area contributed by atoms with Gasteiger partial charge in [-0.2, -0.15) is 0 Å². The summed E-state index contributed by atoms with van der Waals surface area (Å²) in [6.45, 7) is 3.41. The number of benzene rings is 1. The van der Waals surface area contributed by atoms with E-state index in [4.69, 9.17) is 5.11 Å². The number of carbonyl (C=O) groups is 1. The number of hydrogen-bond donors (Lipinski definition) is 3. The first-order valence-electron chi connectivity index (χ1n) is 5.92. The molecule has 1 rings (SSSR count). The molecule has 19 heavy (non-hydrogen) atoms. The minimum absolute atomic E-state index is 0.0553. The number of aliphatic carboxylic acids is 1. The van der Waals surface area contributed by atoms with Crippen molar-refractivity contribution in [3.05, 3.63) is 35.4 Å². The van der Waals surface area contributed by atoms with Gasteiger partial charge in [0.05, 0.1) is 6.10 Å². The monoisotopic (exact) mass is 273 g/mol. The largest absolute Gasteiger partial charge is 0.480 e. The van der Waals surface area contributed by atoms with Crippen LogP contribution in [-0.2, 0) is 4.79 Å². The van der Waals surface area contributed by atoms with Gasteiger partial charge in [-0.05, 0) is 23.6 Å². The summed E-state index contributed by atoms with van der Waals surface area (Å²) in [5.41, 5.74) is 0.194. The average molecular weight is 273 g/mol. The van der Waals surface area contributed by atoms with E-state index in [2.05, 4.69) is 5.32 Å². The van der Waals surface area contributed by atoms with E-state index in [1.807, 2.05) is 0 Å². The molecule has 3 N–H and O–H groups in total. The van der Waals surface area contributed by atoms with Crippen molar-refractivity contribution in [1.29, 1.82) is 0 Å². The average Bonchev–Trinajstić information content (AvgIpc) is 2.31. The van der Waals surface area contributed by atoms with Gasteiger partial charge in [0, 0.05) is 6.54 Å². The first-order valence-corrected chi connectivity index (χ1v) is 5.92. The molecule has 0 fully saturated rings. The van der Waals surface area contributed by atoms with Crippen LogP contribution >= 0.6 is 0 Å². The highest BCUT2D eigenvalue weighted by molar-refractivity contribution is 5.73. The predicted octanol–water partition coefficient (Wildman–Crippen LogP) is 1.70. The van der Waals surface area contributed by atoms with Gasteiger partial charge in [-0.15, -0.1) is 0 Å². The molecule has 2 atom stereocenters. The molecule has 1 aromatic carbocycles. The lowest BCUT2D eigenvalue weighted by Crippen LogP contribution is -2.42. The molecule has 0 aliphatic carbocycles. The summed E-state index contributed by atoms with van der Waals surface area (Å²) in [6, 6.07) is 2.27. The zero-order valence-corrected chi connectivity index (χ0v) is 10.7. The molecule has 0 amide bonds. The Bertz CT molecular complexity index is 452. The highest BCUT2D eigenvalue weighted by Gasteiger charge is 2.22. The van der Waals surface area contributed by atoms with Crippen LogP contribution in [0.15, 0.2) is 18.2 Å². The Hall–Kier alpha value is -1.53. The van der Waals surface area contributed by atoms with Crippen LogP contribution < -0.4 is 5.32 Å². The van der Waals surface area contributed by atoms with Crippen molar-refractivity contribution >= 4 is 5.97 Å². The third kappa shape index (κ3) is 4.25. The van der Waals surface area contributed by atoms with E-state index in [-0.39, 0.29) is 18.0 Å². The molecular formula is C13H17F2NO3. The van der Waals surface area contributed by atoms with Crippen LogP contribution in [0.2, 0.25) is 0 Å². The van der Waals surface area contributed by atoms with Crippen LogP contribution in [0.3, 0.4) is 0 Å². The zero-order valence-electron chi connectivity index (χ0n) is 10.7. The van der Waals surface area contributed by atoms with Gasteiger partial charge < -0.3 is 15.5 Å². The van der Waals surface area contributed by atoms with Gasteiger partial charge in [-0.25, -0.2) is 8.78 Å². The minimum Gasteiger partial charge on any atom is -0.480 e. The van der Waals surface area contributed by atoms with Gasteiger partial charge in [0.15, 0.2) is 11.6 Å². The summed E-state index contributed by atoms with van der Waals surface area (Å²) in [5, 5.41) is 21.4. The highest BCUT2D eigenvalue weighted by atomic mass is 19.2. The smallest absolute Gasteiger partial charge is 0.320 e. The Morgan fingerprint density at radius 3 is 2.42 bits per heavy atom. The summed E-state index contributed by atoms with van der Waals surface area (Å²) < 4.78 is 25.7. The second kappa shape index (κ2) is 6.58. The fourth-order valence-corrected chi connectivity index (χ4v) is 1.68. The van der Waals surface area contributed by atoms with E-state index < -0.39 is 29.7 Å². The lowest BCUT2D eigenvalue weighted by Gasteiger charge is -2.20. The maximum Gasteiger partial charge on any atom is 0.320 e. The first kappa shape index (κ1) is 15.5. The van der Waals surface area contributed by atoms with Crippen molar-refractivity contribution in [2.24, 2.45) is 5.92 Å². The quantitative estimate of drug-likeness (QED) is 0.738. The third-order valence-corrected chi connectivity index (χ3v) is 2.79. The molecule has 0 spiro atoms. The van der Waals surface area contributed by atoms with Gasteiger partial charge in [0.25, 0.3) is 0 Å². The van der Waals surface area contributed by atoms with Gasteiger partial charge >= 0.3 is 5.97 Å². The molecule has 106 valence electrons. The first-order chi connectivity index (χ1) is 8.82. The Morgan fingerprint density at radius 1 is 1.32 bits per heavy atom. The van der Waals surface area contributed by atoms with Crippen LogP contribution in [0, 0.1) is 17.6 Å². The SMILES string of the molecule is CC(C)C(NCC(O)c1ccc(F)c(F)c1)C(=O)O. The molecule has 0 saturated carbocycles. The van der Waals surface area contributed by atoms with E-state index in [1.54, 1.807) is 13.8 Å². The Labute approximate surface area is 110 Å². The second-order valence-electron chi connectivity index (χ2n) is 4.66. The second-order valence-corrected chi connectivity index (χ2v) is 4.66. The maximum absolute atomic E-state index is 13.0. The highest BCUT2D eigenvalue weighted by Crippen LogP contribution is 2.16. The summed E-state index contributed by atoms with van der Waals surface area (Å²) in [5.74, 6) is -3.22. The Balaban J connectivity index is 2.66.